The van der Waals surface area contributed by atoms with Crippen molar-refractivity contribution in [3.05, 3.63) is 42.2 Å². The zero-order chi connectivity index (χ0) is 21.9. The van der Waals surface area contributed by atoms with Gasteiger partial charge in [0, 0.05) is 23.9 Å². The van der Waals surface area contributed by atoms with Gasteiger partial charge in [-0.2, -0.15) is 0 Å². The molecule has 0 bridgehead atoms. The molecule has 30 heavy (non-hydrogen) atoms. The Labute approximate surface area is 172 Å². The fraction of sp³-hybridized carbons (Fsp3) is 0.381. The fourth-order valence-corrected chi connectivity index (χ4v) is 3.41. The molecule has 0 saturated carbocycles. The van der Waals surface area contributed by atoms with Crippen molar-refractivity contribution >= 4 is 34.1 Å². The van der Waals surface area contributed by atoms with E-state index in [1.807, 2.05) is 30.3 Å². The number of ketones is 1. The number of carboxylic acids is 1. The first-order valence-electron chi connectivity index (χ1n) is 9.49. The largest absolute Gasteiger partial charge is 0.481 e. The molecule has 1 aliphatic heterocycles. The minimum atomic E-state index is -1.49. The number of hydrogen-bond donors (Lipinski definition) is 2. The van der Waals surface area contributed by atoms with Gasteiger partial charge in [0.05, 0.1) is 12.1 Å². The van der Waals surface area contributed by atoms with E-state index in [4.69, 9.17) is 9.94 Å². The number of benzene rings is 1. The van der Waals surface area contributed by atoms with Crippen LogP contribution in [-0.4, -0.2) is 51.8 Å². The lowest BCUT2D eigenvalue weighted by Crippen LogP contribution is -2.55. The Morgan fingerprint density at radius 3 is 2.67 bits per heavy atom. The number of nitrogens with zero attached hydrogens (tertiary/aromatic N) is 2. The number of fused-ring (bicyclic) bond motifs is 1. The van der Waals surface area contributed by atoms with E-state index in [0.29, 0.717) is 11.4 Å². The number of alkyl halides is 1. The average molecular weight is 415 g/mol. The third kappa shape index (κ3) is 4.00. The molecule has 0 saturated heterocycles. The number of pyridine rings is 1. The van der Waals surface area contributed by atoms with Crippen molar-refractivity contribution in [1.82, 2.24) is 10.3 Å². The van der Waals surface area contributed by atoms with Crippen LogP contribution in [0.1, 0.15) is 32.4 Å². The summed E-state index contributed by atoms with van der Waals surface area (Å²) in [6, 6.07) is 7.95. The predicted octanol–water partition coefficient (Wildman–Crippen LogP) is 2.25. The van der Waals surface area contributed by atoms with Crippen LogP contribution in [0, 0.1) is 5.92 Å². The third-order valence-electron chi connectivity index (χ3n) is 5.22. The lowest BCUT2D eigenvalue weighted by atomic mass is 9.83. The summed E-state index contributed by atoms with van der Waals surface area (Å²) in [7, 11) is 0. The highest BCUT2D eigenvalue weighted by molar-refractivity contribution is 6.12. The summed E-state index contributed by atoms with van der Waals surface area (Å²) < 4.78 is 12.8. The number of rotatable bonds is 8. The number of aliphatic carboxylic acids is 1. The molecule has 1 aromatic carbocycles. The number of aromatic nitrogens is 1. The predicted molar refractivity (Wildman–Crippen MR) is 107 cm³/mol. The highest BCUT2D eigenvalue weighted by Crippen LogP contribution is 2.35. The Balaban J connectivity index is 1.88. The Hall–Kier alpha value is -3.36. The number of nitrogens with one attached hydrogen (secondary N) is 1. The van der Waals surface area contributed by atoms with E-state index in [-0.39, 0.29) is 12.3 Å². The van der Waals surface area contributed by atoms with Crippen molar-refractivity contribution < 1.29 is 28.7 Å². The standard InChI is InChI=1S/C21H22FN3O5/c1-12(2)21(20(29)24-15(9-18(27)28)17(26)11-22)10-16(25-30-21)19-14-6-4-3-5-13(14)7-8-23-19/h3-8,12,15H,9-11H2,1-2H3,(H,24,29)(H,27,28). The maximum absolute atomic E-state index is 13.1. The molecule has 9 heteroatoms. The smallest absolute Gasteiger partial charge is 0.305 e. The summed E-state index contributed by atoms with van der Waals surface area (Å²) in [6.07, 6.45) is 0.987. The fourth-order valence-electron chi connectivity index (χ4n) is 3.41. The minimum absolute atomic E-state index is 0.0706. The van der Waals surface area contributed by atoms with Crippen LogP contribution in [0.2, 0.25) is 0 Å². The molecular weight excluding hydrogens is 393 g/mol. The molecule has 1 aliphatic rings. The molecule has 1 amide bonds. The second-order valence-corrected chi connectivity index (χ2v) is 7.45. The lowest BCUT2D eigenvalue weighted by Gasteiger charge is -2.30. The topological polar surface area (TPSA) is 118 Å². The third-order valence-corrected chi connectivity index (χ3v) is 5.22. The maximum Gasteiger partial charge on any atom is 0.305 e. The minimum Gasteiger partial charge on any atom is -0.481 e. The zero-order valence-electron chi connectivity index (χ0n) is 16.6. The molecule has 2 N–H and O–H groups in total. The first-order chi connectivity index (χ1) is 14.3. The van der Waals surface area contributed by atoms with Gasteiger partial charge in [-0.1, -0.05) is 43.3 Å². The highest BCUT2D eigenvalue weighted by Gasteiger charge is 2.50. The van der Waals surface area contributed by atoms with Crippen LogP contribution >= 0.6 is 0 Å². The zero-order valence-corrected chi connectivity index (χ0v) is 16.6. The van der Waals surface area contributed by atoms with Crippen LogP contribution < -0.4 is 5.32 Å². The lowest BCUT2D eigenvalue weighted by molar-refractivity contribution is -0.152. The molecule has 3 rings (SSSR count). The van der Waals surface area contributed by atoms with Crippen LogP contribution in [-0.2, 0) is 19.2 Å². The number of carbonyl (C=O) groups excluding carboxylic acids is 2. The quantitative estimate of drug-likeness (QED) is 0.683. The van der Waals surface area contributed by atoms with Gasteiger partial charge in [0.25, 0.3) is 5.91 Å². The van der Waals surface area contributed by atoms with Gasteiger partial charge >= 0.3 is 5.97 Å². The first-order valence-corrected chi connectivity index (χ1v) is 9.49. The van der Waals surface area contributed by atoms with Crippen molar-refractivity contribution in [3.63, 3.8) is 0 Å². The van der Waals surface area contributed by atoms with Crippen LogP contribution in [0.3, 0.4) is 0 Å². The van der Waals surface area contributed by atoms with E-state index < -0.39 is 42.4 Å². The molecule has 2 heterocycles. The van der Waals surface area contributed by atoms with Crippen molar-refractivity contribution in [2.75, 3.05) is 6.67 Å². The van der Waals surface area contributed by atoms with E-state index in [2.05, 4.69) is 15.5 Å². The average Bonchev–Trinajstić information content (AvgIpc) is 3.18. The van der Waals surface area contributed by atoms with Crippen LogP contribution in [0.15, 0.2) is 41.7 Å². The van der Waals surface area contributed by atoms with Crippen molar-refractivity contribution in [1.29, 1.82) is 0 Å². The van der Waals surface area contributed by atoms with E-state index in [1.54, 1.807) is 20.0 Å². The van der Waals surface area contributed by atoms with Crippen LogP contribution in [0.5, 0.6) is 0 Å². The van der Waals surface area contributed by atoms with E-state index in [0.717, 1.165) is 10.8 Å². The van der Waals surface area contributed by atoms with Crippen molar-refractivity contribution in [2.24, 2.45) is 11.1 Å². The summed E-state index contributed by atoms with van der Waals surface area (Å²) in [5, 5.41) is 17.2. The molecular formula is C21H22FN3O5. The second kappa shape index (κ2) is 8.56. The number of oxime groups is 1. The first kappa shape index (κ1) is 21.4. The van der Waals surface area contributed by atoms with E-state index in [1.165, 1.54) is 0 Å². The Bertz CT molecular complexity index is 1020. The summed E-state index contributed by atoms with van der Waals surface area (Å²) in [5.41, 5.74) is -0.436. The summed E-state index contributed by atoms with van der Waals surface area (Å²) in [5.74, 6) is -3.44. The molecule has 158 valence electrons. The summed E-state index contributed by atoms with van der Waals surface area (Å²) >= 11 is 0. The molecule has 0 spiro atoms. The van der Waals surface area contributed by atoms with Crippen molar-refractivity contribution in [3.8, 4) is 0 Å². The van der Waals surface area contributed by atoms with Crippen LogP contribution in [0.25, 0.3) is 10.8 Å². The molecule has 2 atom stereocenters. The second-order valence-electron chi connectivity index (χ2n) is 7.45. The molecule has 0 aliphatic carbocycles. The van der Waals surface area contributed by atoms with Gasteiger partial charge in [0.1, 0.15) is 18.4 Å². The van der Waals surface area contributed by atoms with Gasteiger partial charge in [-0.15, -0.1) is 0 Å². The van der Waals surface area contributed by atoms with Gasteiger partial charge in [-0.3, -0.25) is 19.4 Å². The van der Waals surface area contributed by atoms with Gasteiger partial charge < -0.3 is 15.3 Å². The monoisotopic (exact) mass is 415 g/mol. The van der Waals surface area contributed by atoms with E-state index >= 15 is 0 Å². The number of amides is 1. The normalized spacial score (nSPS) is 19.3. The van der Waals surface area contributed by atoms with Gasteiger partial charge in [-0.25, -0.2) is 4.39 Å². The number of carbonyl (C=O) groups is 3. The summed E-state index contributed by atoms with van der Waals surface area (Å²) in [4.78, 5) is 45.8. The highest BCUT2D eigenvalue weighted by atomic mass is 19.1. The van der Waals surface area contributed by atoms with Crippen LogP contribution in [0.4, 0.5) is 4.39 Å². The van der Waals surface area contributed by atoms with Crippen molar-refractivity contribution in [2.45, 2.75) is 38.3 Å². The molecule has 1 aromatic heterocycles. The Morgan fingerprint density at radius 1 is 1.27 bits per heavy atom. The number of carboxylic acid groups (broad SMARTS) is 1. The summed E-state index contributed by atoms with van der Waals surface area (Å²) in [6.45, 7) is 2.12. The number of Topliss-reactive ketones (excluding diaryl/α,β-unsaturated/α-hetero) is 1. The Kier molecular flexibility index (Phi) is 6.09. The molecule has 8 nitrogen and oxygen atoms in total. The maximum atomic E-state index is 13.1. The van der Waals surface area contributed by atoms with Gasteiger partial charge in [0.2, 0.25) is 5.60 Å². The molecule has 2 unspecified atom stereocenters. The molecule has 0 fully saturated rings. The molecule has 0 radical (unpaired) electrons. The molecule has 2 aromatic rings. The van der Waals surface area contributed by atoms with E-state index in [9.17, 15) is 18.8 Å². The Morgan fingerprint density at radius 2 is 2.00 bits per heavy atom. The number of halogens is 1. The van der Waals surface area contributed by atoms with Gasteiger partial charge in [0.15, 0.2) is 5.78 Å². The number of hydrogen-bond acceptors (Lipinski definition) is 6. The SMILES string of the molecule is CC(C)C1(C(=O)NC(CC(=O)O)C(=O)CF)CC(c2nccc3ccccc23)=NO1. The van der Waals surface area contributed by atoms with Gasteiger partial charge in [-0.05, 0) is 11.5 Å².